The van der Waals surface area contributed by atoms with Gasteiger partial charge in [-0.1, -0.05) is 26.0 Å². The maximum atomic E-state index is 13.4. The van der Waals surface area contributed by atoms with E-state index in [0.717, 1.165) is 15.8 Å². The summed E-state index contributed by atoms with van der Waals surface area (Å²) in [6.45, 7) is 3.71. The SMILES string of the molecule is Cn1nnc(C(=O)N2CC(C)(C)c3cccc(C(F)(F)F)c32)n1. The Morgan fingerprint density at radius 3 is 2.57 bits per heavy atom. The average Bonchev–Trinajstić information content (AvgIpc) is 2.99. The highest BCUT2D eigenvalue weighted by molar-refractivity contribution is 6.05. The van der Waals surface area contributed by atoms with E-state index in [-0.39, 0.29) is 18.1 Å². The minimum Gasteiger partial charge on any atom is -0.304 e. The van der Waals surface area contributed by atoms with Crippen molar-refractivity contribution < 1.29 is 18.0 Å². The maximum absolute atomic E-state index is 13.4. The highest BCUT2D eigenvalue weighted by Crippen LogP contribution is 2.47. The number of carbonyl (C=O) groups excluding carboxylic acids is 1. The van der Waals surface area contributed by atoms with Gasteiger partial charge in [-0.05, 0) is 16.8 Å². The number of aromatic nitrogens is 4. The summed E-state index contributed by atoms with van der Waals surface area (Å²) >= 11 is 0. The minimum atomic E-state index is -4.56. The van der Waals surface area contributed by atoms with Crippen LogP contribution in [0, 0.1) is 0 Å². The summed E-state index contributed by atoms with van der Waals surface area (Å²) in [6, 6.07) is 3.95. The number of hydrogen-bond acceptors (Lipinski definition) is 4. The Morgan fingerprint density at radius 2 is 2.00 bits per heavy atom. The van der Waals surface area contributed by atoms with Crippen molar-refractivity contribution in [3.63, 3.8) is 0 Å². The Balaban J connectivity index is 2.15. The molecule has 3 rings (SSSR count). The van der Waals surface area contributed by atoms with Gasteiger partial charge < -0.3 is 4.90 Å². The lowest BCUT2D eigenvalue weighted by Gasteiger charge is -2.20. The number of benzene rings is 1. The molecule has 0 atom stereocenters. The molecule has 0 N–H and O–H groups in total. The van der Waals surface area contributed by atoms with Gasteiger partial charge in [-0.15, -0.1) is 10.2 Å². The molecule has 1 aromatic carbocycles. The van der Waals surface area contributed by atoms with Gasteiger partial charge in [0, 0.05) is 12.0 Å². The number of halogens is 3. The molecule has 1 aliphatic rings. The van der Waals surface area contributed by atoms with Crippen LogP contribution in [0.3, 0.4) is 0 Å². The number of aryl methyl sites for hydroxylation is 1. The van der Waals surface area contributed by atoms with Crippen LogP contribution in [0.15, 0.2) is 18.2 Å². The van der Waals surface area contributed by atoms with Crippen LogP contribution in [-0.4, -0.2) is 32.7 Å². The zero-order valence-corrected chi connectivity index (χ0v) is 12.7. The fraction of sp³-hybridized carbons (Fsp3) is 0.429. The molecule has 0 bridgehead atoms. The zero-order valence-electron chi connectivity index (χ0n) is 12.7. The van der Waals surface area contributed by atoms with Gasteiger partial charge in [0.1, 0.15) is 0 Å². The number of anilines is 1. The van der Waals surface area contributed by atoms with Crippen LogP contribution in [-0.2, 0) is 18.6 Å². The summed E-state index contributed by atoms with van der Waals surface area (Å²) in [5, 5.41) is 11.0. The van der Waals surface area contributed by atoms with Gasteiger partial charge >= 0.3 is 6.18 Å². The molecule has 23 heavy (non-hydrogen) atoms. The lowest BCUT2D eigenvalue weighted by molar-refractivity contribution is -0.137. The van der Waals surface area contributed by atoms with Crippen LogP contribution in [0.5, 0.6) is 0 Å². The number of rotatable bonds is 1. The summed E-state index contributed by atoms with van der Waals surface area (Å²) in [7, 11) is 1.48. The first-order chi connectivity index (χ1) is 10.6. The number of tetrazole rings is 1. The quantitative estimate of drug-likeness (QED) is 0.806. The first kappa shape index (κ1) is 15.4. The van der Waals surface area contributed by atoms with E-state index in [4.69, 9.17) is 0 Å². The predicted molar refractivity (Wildman–Crippen MR) is 74.9 cm³/mol. The first-order valence-corrected chi connectivity index (χ1v) is 6.88. The second kappa shape index (κ2) is 4.77. The molecule has 0 saturated carbocycles. The molecule has 1 amide bonds. The van der Waals surface area contributed by atoms with Gasteiger partial charge in [0.05, 0.1) is 18.3 Å². The van der Waals surface area contributed by atoms with Crippen molar-refractivity contribution in [1.29, 1.82) is 0 Å². The molecule has 0 radical (unpaired) electrons. The van der Waals surface area contributed by atoms with Crippen molar-refractivity contribution in [2.24, 2.45) is 7.05 Å². The zero-order chi connectivity index (χ0) is 17.0. The maximum Gasteiger partial charge on any atom is 0.418 e. The fourth-order valence-corrected chi connectivity index (χ4v) is 2.83. The summed E-state index contributed by atoms with van der Waals surface area (Å²) in [6.07, 6.45) is -4.56. The molecule has 0 spiro atoms. The van der Waals surface area contributed by atoms with Crippen molar-refractivity contribution in [2.75, 3.05) is 11.4 Å². The lowest BCUT2D eigenvalue weighted by Crippen LogP contribution is -2.35. The van der Waals surface area contributed by atoms with Gasteiger partial charge in [0.25, 0.3) is 11.7 Å². The predicted octanol–water partition coefficient (Wildman–Crippen LogP) is 2.17. The number of alkyl halides is 3. The molecule has 1 aliphatic heterocycles. The van der Waals surface area contributed by atoms with E-state index < -0.39 is 23.1 Å². The molecule has 0 saturated heterocycles. The molecule has 122 valence electrons. The number of hydrogen-bond donors (Lipinski definition) is 0. The summed E-state index contributed by atoms with van der Waals surface area (Å²) < 4.78 is 40.1. The molecular formula is C14H14F3N5O. The topological polar surface area (TPSA) is 63.9 Å². The second-order valence-corrected chi connectivity index (χ2v) is 6.08. The van der Waals surface area contributed by atoms with E-state index in [1.54, 1.807) is 19.9 Å². The number of para-hydroxylation sites is 1. The summed E-state index contributed by atoms with van der Waals surface area (Å²) in [5.74, 6) is -0.922. The van der Waals surface area contributed by atoms with Crippen LogP contribution >= 0.6 is 0 Å². The van der Waals surface area contributed by atoms with Crippen molar-refractivity contribution in [2.45, 2.75) is 25.4 Å². The molecule has 0 unspecified atom stereocenters. The summed E-state index contributed by atoms with van der Waals surface area (Å²) in [5.41, 5.74) is -1.08. The number of carbonyl (C=O) groups is 1. The molecule has 9 heteroatoms. The van der Waals surface area contributed by atoms with Gasteiger partial charge in [-0.25, -0.2) is 0 Å². The van der Waals surface area contributed by atoms with Crippen LogP contribution < -0.4 is 4.90 Å². The molecule has 1 aromatic heterocycles. The van der Waals surface area contributed by atoms with Crippen molar-refractivity contribution in [3.05, 3.63) is 35.2 Å². The van der Waals surface area contributed by atoms with E-state index in [9.17, 15) is 18.0 Å². The largest absolute Gasteiger partial charge is 0.418 e. The van der Waals surface area contributed by atoms with Crippen LogP contribution in [0.2, 0.25) is 0 Å². The monoisotopic (exact) mass is 325 g/mol. The van der Waals surface area contributed by atoms with Gasteiger partial charge in [0.2, 0.25) is 0 Å². The average molecular weight is 325 g/mol. The lowest BCUT2D eigenvalue weighted by atomic mass is 9.86. The first-order valence-electron chi connectivity index (χ1n) is 6.88. The third kappa shape index (κ3) is 2.45. The Kier molecular flexibility index (Phi) is 3.20. The van der Waals surface area contributed by atoms with E-state index >= 15 is 0 Å². The highest BCUT2D eigenvalue weighted by atomic mass is 19.4. The van der Waals surface area contributed by atoms with Crippen LogP contribution in [0.25, 0.3) is 0 Å². The van der Waals surface area contributed by atoms with Gasteiger partial charge in [-0.3, -0.25) is 4.79 Å². The third-order valence-electron chi connectivity index (χ3n) is 3.84. The van der Waals surface area contributed by atoms with Gasteiger partial charge in [-0.2, -0.15) is 18.0 Å². The number of fused-ring (bicyclic) bond motifs is 1. The molecule has 2 heterocycles. The molecule has 2 aromatic rings. The Hall–Kier alpha value is -2.45. The highest BCUT2D eigenvalue weighted by Gasteiger charge is 2.45. The molecule has 6 nitrogen and oxygen atoms in total. The minimum absolute atomic E-state index is 0.118. The molecule has 0 fully saturated rings. The van der Waals surface area contributed by atoms with Crippen molar-refractivity contribution >= 4 is 11.6 Å². The van der Waals surface area contributed by atoms with E-state index in [1.165, 1.54) is 13.1 Å². The van der Waals surface area contributed by atoms with Crippen LogP contribution in [0.4, 0.5) is 18.9 Å². The standard InChI is InChI=1S/C14H14F3N5O/c1-13(2)7-22(12(23)11-18-20-21(3)19-11)10-8(13)5-4-6-9(10)14(15,16)17/h4-6H,7H2,1-3H3. The normalized spacial score (nSPS) is 16.5. The Labute approximate surface area is 129 Å². The van der Waals surface area contributed by atoms with Gasteiger partial charge in [0.15, 0.2) is 0 Å². The van der Waals surface area contributed by atoms with E-state index in [2.05, 4.69) is 15.4 Å². The van der Waals surface area contributed by atoms with Crippen LogP contribution in [0.1, 0.15) is 35.6 Å². The number of amides is 1. The Bertz CT molecular complexity index is 781. The second-order valence-electron chi connectivity index (χ2n) is 6.08. The molecular weight excluding hydrogens is 311 g/mol. The third-order valence-corrected chi connectivity index (χ3v) is 3.84. The fourth-order valence-electron chi connectivity index (χ4n) is 2.83. The van der Waals surface area contributed by atoms with E-state index in [0.29, 0.717) is 5.56 Å². The van der Waals surface area contributed by atoms with Crippen molar-refractivity contribution in [1.82, 2.24) is 20.2 Å². The van der Waals surface area contributed by atoms with E-state index in [1.807, 2.05) is 0 Å². The van der Waals surface area contributed by atoms with Crippen molar-refractivity contribution in [3.8, 4) is 0 Å². The number of nitrogens with zero attached hydrogens (tertiary/aromatic N) is 5. The Morgan fingerprint density at radius 1 is 1.30 bits per heavy atom. The smallest absolute Gasteiger partial charge is 0.304 e. The molecule has 0 aliphatic carbocycles. The summed E-state index contributed by atoms with van der Waals surface area (Å²) in [4.78, 5) is 14.8.